The van der Waals surface area contributed by atoms with Crippen LogP contribution in [0.3, 0.4) is 0 Å². The van der Waals surface area contributed by atoms with Crippen LogP contribution in [0.1, 0.15) is 18.1 Å². The quantitative estimate of drug-likeness (QED) is 0.631. The average Bonchev–Trinajstić information content (AvgIpc) is 2.46. The van der Waals surface area contributed by atoms with Crippen molar-refractivity contribution in [3.05, 3.63) is 53.9 Å². The van der Waals surface area contributed by atoms with E-state index in [1.54, 1.807) is 25.6 Å². The third-order valence-corrected chi connectivity index (χ3v) is 2.62. The fraction of sp³-hybridized carbons (Fsp3) is 0.125. The number of rotatable bonds is 4. The first kappa shape index (κ1) is 13.8. The van der Waals surface area contributed by atoms with Crippen LogP contribution in [0.15, 0.2) is 42.7 Å². The number of hydrogen-bond acceptors (Lipinski definition) is 4. The van der Waals surface area contributed by atoms with Crippen LogP contribution < -0.4 is 9.47 Å². The van der Waals surface area contributed by atoms with Gasteiger partial charge in [0.1, 0.15) is 0 Å². The van der Waals surface area contributed by atoms with Gasteiger partial charge in [-0.1, -0.05) is 18.2 Å². The third kappa shape index (κ3) is 3.68. The van der Waals surface area contributed by atoms with Gasteiger partial charge < -0.3 is 9.47 Å². The summed E-state index contributed by atoms with van der Waals surface area (Å²) >= 11 is 0. The first-order valence-corrected chi connectivity index (χ1v) is 6.13. The second-order valence-electron chi connectivity index (χ2n) is 4.12. The Balaban J connectivity index is 2.21. The molecular formula is C16H15NO3. The Kier molecular flexibility index (Phi) is 4.50. The molecule has 2 aromatic rings. The summed E-state index contributed by atoms with van der Waals surface area (Å²) in [6.07, 6.45) is 7.41. The van der Waals surface area contributed by atoms with E-state index in [1.807, 2.05) is 36.4 Å². The van der Waals surface area contributed by atoms with E-state index in [4.69, 9.17) is 9.47 Å². The second kappa shape index (κ2) is 6.52. The number of aromatic nitrogens is 1. The summed E-state index contributed by atoms with van der Waals surface area (Å²) in [7, 11) is 1.54. The van der Waals surface area contributed by atoms with E-state index in [2.05, 4.69) is 4.98 Å². The number of methoxy groups -OCH3 is 1. The molecule has 0 amide bonds. The van der Waals surface area contributed by atoms with E-state index in [-0.39, 0.29) is 5.97 Å². The van der Waals surface area contributed by atoms with Gasteiger partial charge in [-0.25, -0.2) is 0 Å². The zero-order valence-electron chi connectivity index (χ0n) is 11.4. The zero-order valence-corrected chi connectivity index (χ0v) is 11.4. The van der Waals surface area contributed by atoms with Gasteiger partial charge in [0.15, 0.2) is 11.5 Å². The maximum Gasteiger partial charge on any atom is 0.308 e. The summed E-state index contributed by atoms with van der Waals surface area (Å²) in [5.74, 6) is 0.571. The molecule has 0 bridgehead atoms. The van der Waals surface area contributed by atoms with Gasteiger partial charge >= 0.3 is 5.97 Å². The van der Waals surface area contributed by atoms with Gasteiger partial charge in [-0.2, -0.15) is 0 Å². The van der Waals surface area contributed by atoms with E-state index < -0.39 is 0 Å². The van der Waals surface area contributed by atoms with Crippen LogP contribution in [0, 0.1) is 0 Å². The van der Waals surface area contributed by atoms with Crippen LogP contribution in [0.5, 0.6) is 11.5 Å². The minimum Gasteiger partial charge on any atom is -0.493 e. The molecule has 0 fully saturated rings. The smallest absolute Gasteiger partial charge is 0.308 e. The van der Waals surface area contributed by atoms with Crippen molar-refractivity contribution < 1.29 is 14.3 Å². The molecule has 1 aromatic carbocycles. The SMILES string of the molecule is COc1cc(/C=C/c2ccncc2)ccc1OC(C)=O. The van der Waals surface area contributed by atoms with E-state index in [0.717, 1.165) is 11.1 Å². The average molecular weight is 269 g/mol. The predicted molar refractivity (Wildman–Crippen MR) is 77.5 cm³/mol. The summed E-state index contributed by atoms with van der Waals surface area (Å²) in [4.78, 5) is 14.9. The van der Waals surface area contributed by atoms with Crippen molar-refractivity contribution >= 4 is 18.1 Å². The molecule has 0 saturated carbocycles. The number of benzene rings is 1. The van der Waals surface area contributed by atoms with Crippen LogP contribution >= 0.6 is 0 Å². The van der Waals surface area contributed by atoms with Crippen molar-refractivity contribution in [2.75, 3.05) is 7.11 Å². The number of carbonyl (C=O) groups is 1. The Hall–Kier alpha value is -2.62. The summed E-state index contributed by atoms with van der Waals surface area (Å²) < 4.78 is 10.3. The van der Waals surface area contributed by atoms with Gasteiger partial charge in [-0.05, 0) is 35.4 Å². The number of carbonyl (C=O) groups excluding carboxylic acids is 1. The van der Waals surface area contributed by atoms with Crippen LogP contribution in [-0.2, 0) is 4.79 Å². The molecule has 0 atom stereocenters. The van der Waals surface area contributed by atoms with Crippen LogP contribution in [0.4, 0.5) is 0 Å². The number of esters is 1. The lowest BCUT2D eigenvalue weighted by molar-refractivity contribution is -0.132. The summed E-state index contributed by atoms with van der Waals surface area (Å²) in [6, 6.07) is 9.23. The third-order valence-electron chi connectivity index (χ3n) is 2.62. The molecule has 0 aliphatic heterocycles. The highest BCUT2D eigenvalue weighted by atomic mass is 16.6. The maximum absolute atomic E-state index is 11.0. The van der Waals surface area contributed by atoms with Crippen molar-refractivity contribution in [3.8, 4) is 11.5 Å². The largest absolute Gasteiger partial charge is 0.493 e. The molecular weight excluding hydrogens is 254 g/mol. The molecule has 1 aromatic heterocycles. The molecule has 2 rings (SSSR count). The van der Waals surface area contributed by atoms with E-state index in [9.17, 15) is 4.79 Å². The van der Waals surface area contributed by atoms with Crippen molar-refractivity contribution in [1.29, 1.82) is 0 Å². The highest BCUT2D eigenvalue weighted by Gasteiger charge is 2.06. The number of hydrogen-bond donors (Lipinski definition) is 0. The minimum absolute atomic E-state index is 0.372. The van der Waals surface area contributed by atoms with Crippen molar-refractivity contribution in [2.45, 2.75) is 6.92 Å². The van der Waals surface area contributed by atoms with Gasteiger partial charge in [0, 0.05) is 19.3 Å². The molecule has 0 radical (unpaired) electrons. The van der Waals surface area contributed by atoms with E-state index in [0.29, 0.717) is 11.5 Å². The number of pyridine rings is 1. The minimum atomic E-state index is -0.372. The summed E-state index contributed by atoms with van der Waals surface area (Å²) in [6.45, 7) is 1.36. The maximum atomic E-state index is 11.0. The lowest BCUT2D eigenvalue weighted by atomic mass is 10.1. The van der Waals surface area contributed by atoms with Crippen LogP contribution in [-0.4, -0.2) is 18.1 Å². The molecule has 4 heteroatoms. The topological polar surface area (TPSA) is 48.4 Å². The Morgan fingerprint density at radius 3 is 2.40 bits per heavy atom. The van der Waals surface area contributed by atoms with Gasteiger partial charge in [0.2, 0.25) is 0 Å². The fourth-order valence-corrected chi connectivity index (χ4v) is 1.69. The van der Waals surface area contributed by atoms with Crippen LogP contribution in [0.2, 0.25) is 0 Å². The molecule has 0 aliphatic rings. The fourth-order valence-electron chi connectivity index (χ4n) is 1.69. The molecule has 0 N–H and O–H groups in total. The van der Waals surface area contributed by atoms with E-state index >= 15 is 0 Å². The normalized spacial score (nSPS) is 10.5. The van der Waals surface area contributed by atoms with Crippen molar-refractivity contribution in [2.24, 2.45) is 0 Å². The standard InChI is InChI=1S/C16H15NO3/c1-12(18)20-15-6-5-14(11-16(15)19-2)4-3-13-7-9-17-10-8-13/h3-11H,1-2H3/b4-3+. The molecule has 4 nitrogen and oxygen atoms in total. The Morgan fingerprint density at radius 1 is 1.05 bits per heavy atom. The lowest BCUT2D eigenvalue weighted by Crippen LogP contribution is -2.02. The Bertz CT molecular complexity index is 621. The molecule has 0 aliphatic carbocycles. The lowest BCUT2D eigenvalue weighted by Gasteiger charge is -2.08. The van der Waals surface area contributed by atoms with Crippen molar-refractivity contribution in [1.82, 2.24) is 4.98 Å². The number of nitrogens with zero attached hydrogens (tertiary/aromatic N) is 1. The predicted octanol–water partition coefficient (Wildman–Crippen LogP) is 3.19. The van der Waals surface area contributed by atoms with Gasteiger partial charge in [0.05, 0.1) is 7.11 Å². The highest BCUT2D eigenvalue weighted by Crippen LogP contribution is 2.28. The monoisotopic (exact) mass is 269 g/mol. The molecule has 102 valence electrons. The molecule has 20 heavy (non-hydrogen) atoms. The van der Waals surface area contributed by atoms with Gasteiger partial charge in [-0.15, -0.1) is 0 Å². The van der Waals surface area contributed by atoms with Crippen LogP contribution in [0.25, 0.3) is 12.2 Å². The zero-order chi connectivity index (χ0) is 14.4. The number of ether oxygens (including phenoxy) is 2. The molecule has 0 unspecified atom stereocenters. The first-order valence-electron chi connectivity index (χ1n) is 6.13. The highest BCUT2D eigenvalue weighted by molar-refractivity contribution is 5.73. The molecule has 1 heterocycles. The molecule has 0 spiro atoms. The Morgan fingerprint density at radius 2 is 1.75 bits per heavy atom. The summed E-state index contributed by atoms with van der Waals surface area (Å²) in [5, 5.41) is 0. The molecule has 0 saturated heterocycles. The summed E-state index contributed by atoms with van der Waals surface area (Å²) in [5.41, 5.74) is 2.01. The second-order valence-corrected chi connectivity index (χ2v) is 4.12. The van der Waals surface area contributed by atoms with Crippen molar-refractivity contribution in [3.63, 3.8) is 0 Å². The van der Waals surface area contributed by atoms with Gasteiger partial charge in [0.25, 0.3) is 0 Å². The first-order chi connectivity index (χ1) is 9.69. The van der Waals surface area contributed by atoms with Gasteiger partial charge in [-0.3, -0.25) is 9.78 Å². The van der Waals surface area contributed by atoms with E-state index in [1.165, 1.54) is 6.92 Å². The Labute approximate surface area is 117 Å².